The molecule has 2 nitrogen and oxygen atoms in total. The summed E-state index contributed by atoms with van der Waals surface area (Å²) in [6.45, 7) is 0. The first kappa shape index (κ1) is 15.4. The maximum atomic E-state index is 14.0. The molecule has 110 valence electrons. The molecule has 6 heteroatoms. The van der Waals surface area contributed by atoms with Crippen molar-refractivity contribution in [1.29, 1.82) is 0 Å². The maximum absolute atomic E-state index is 14.0. The van der Waals surface area contributed by atoms with E-state index >= 15 is 0 Å². The lowest BCUT2D eigenvalue weighted by Crippen LogP contribution is -2.16. The van der Waals surface area contributed by atoms with Gasteiger partial charge in [-0.2, -0.15) is 0 Å². The topological polar surface area (TPSA) is 37.3 Å². The van der Waals surface area contributed by atoms with Crippen molar-refractivity contribution in [1.82, 2.24) is 0 Å². The van der Waals surface area contributed by atoms with E-state index in [4.69, 9.17) is 5.11 Å². The van der Waals surface area contributed by atoms with Gasteiger partial charge >= 0.3 is 5.97 Å². The van der Waals surface area contributed by atoms with E-state index in [1.807, 2.05) is 0 Å². The monoisotopic (exact) mass is 312 g/mol. The average Bonchev–Trinajstić information content (AvgIpc) is 2.47. The van der Waals surface area contributed by atoms with Crippen LogP contribution in [0.3, 0.4) is 0 Å². The largest absolute Gasteiger partial charge is 0.478 e. The summed E-state index contributed by atoms with van der Waals surface area (Å²) in [6, 6.07) is 10.3. The lowest BCUT2D eigenvalue weighted by atomic mass is 10.1. The summed E-state index contributed by atoms with van der Waals surface area (Å²) in [7, 11) is 0. The number of benzene rings is 2. The Morgan fingerprint density at radius 2 is 1.81 bits per heavy atom. The zero-order valence-electron chi connectivity index (χ0n) is 10.7. The van der Waals surface area contributed by atoms with Crippen LogP contribution in [0, 0.1) is 5.82 Å². The highest BCUT2D eigenvalue weighted by Gasteiger charge is 2.31. The number of carboxylic acid groups (broad SMARTS) is 1. The molecule has 0 heterocycles. The molecule has 0 bridgehead atoms. The van der Waals surface area contributed by atoms with Gasteiger partial charge in [-0.3, -0.25) is 0 Å². The van der Waals surface area contributed by atoms with Gasteiger partial charge in [0.05, 0.1) is 11.3 Å². The van der Waals surface area contributed by atoms with E-state index in [-0.39, 0.29) is 16.0 Å². The van der Waals surface area contributed by atoms with Gasteiger partial charge < -0.3 is 5.11 Å². The van der Waals surface area contributed by atoms with Crippen LogP contribution in [0.25, 0.3) is 0 Å². The Kier molecular flexibility index (Phi) is 4.57. The first-order chi connectivity index (χ1) is 9.90. The number of alkyl halides is 2. The molecule has 0 unspecified atom stereocenters. The highest BCUT2D eigenvalue weighted by molar-refractivity contribution is 7.99. The summed E-state index contributed by atoms with van der Waals surface area (Å²) in [4.78, 5) is 10.7. The van der Waals surface area contributed by atoms with Gasteiger partial charge in [0, 0.05) is 10.5 Å². The van der Waals surface area contributed by atoms with Crippen LogP contribution in [0.1, 0.15) is 15.9 Å². The fourth-order valence-electron chi connectivity index (χ4n) is 1.68. The van der Waals surface area contributed by atoms with Crippen molar-refractivity contribution in [3.8, 4) is 0 Å². The molecule has 2 rings (SSSR count). The van der Waals surface area contributed by atoms with Crippen LogP contribution in [0.4, 0.5) is 13.2 Å². The first-order valence-electron chi connectivity index (χ1n) is 5.99. The van der Waals surface area contributed by atoms with Gasteiger partial charge in [-0.1, -0.05) is 30.3 Å². The second-order valence-electron chi connectivity index (χ2n) is 4.31. The van der Waals surface area contributed by atoms with Crippen molar-refractivity contribution in [2.24, 2.45) is 0 Å². The van der Waals surface area contributed by atoms with E-state index < -0.39 is 23.5 Å². The number of rotatable bonds is 5. The Morgan fingerprint density at radius 3 is 2.43 bits per heavy atom. The lowest BCUT2D eigenvalue weighted by Gasteiger charge is -2.16. The normalized spacial score (nSPS) is 11.4. The molecule has 0 aromatic heterocycles. The minimum atomic E-state index is -3.13. The van der Waals surface area contributed by atoms with Gasteiger partial charge in [-0.15, -0.1) is 11.8 Å². The minimum Gasteiger partial charge on any atom is -0.478 e. The molecular weight excluding hydrogens is 301 g/mol. The lowest BCUT2D eigenvalue weighted by molar-refractivity contribution is 0.0231. The molecule has 0 saturated carbocycles. The highest BCUT2D eigenvalue weighted by atomic mass is 32.2. The molecule has 0 saturated heterocycles. The van der Waals surface area contributed by atoms with Gasteiger partial charge in [-0.25, -0.2) is 18.0 Å². The molecule has 0 amide bonds. The number of aromatic carboxylic acids is 1. The first-order valence-corrected chi connectivity index (χ1v) is 6.98. The number of halogens is 3. The molecule has 0 aliphatic heterocycles. The quantitative estimate of drug-likeness (QED) is 0.831. The zero-order valence-corrected chi connectivity index (χ0v) is 11.5. The molecule has 0 fully saturated rings. The second-order valence-corrected chi connectivity index (χ2v) is 5.33. The predicted molar refractivity (Wildman–Crippen MR) is 74.4 cm³/mol. The van der Waals surface area contributed by atoms with Crippen molar-refractivity contribution in [3.05, 3.63) is 65.5 Å². The van der Waals surface area contributed by atoms with E-state index in [0.717, 1.165) is 18.2 Å². The third-order valence-corrected chi connectivity index (χ3v) is 3.91. The third-order valence-electron chi connectivity index (χ3n) is 2.78. The predicted octanol–water partition coefficient (Wildman–Crippen LogP) is 4.41. The van der Waals surface area contributed by atoms with Crippen LogP contribution in [0.5, 0.6) is 0 Å². The SMILES string of the molecule is O=C(O)c1ccc(F)c(SCC(F)(F)c2ccccc2)c1. The molecule has 0 aliphatic rings. The standard InChI is InChI=1S/C15H11F3O2S/c16-12-7-6-10(14(19)20)8-13(12)21-9-15(17,18)11-4-2-1-3-5-11/h1-8H,9H2,(H,19,20). The van der Waals surface area contributed by atoms with Crippen LogP contribution in [0.2, 0.25) is 0 Å². The number of hydrogen-bond acceptors (Lipinski definition) is 2. The number of thioether (sulfide) groups is 1. The summed E-state index contributed by atoms with van der Waals surface area (Å²) in [5.74, 6) is -5.74. The van der Waals surface area contributed by atoms with Crippen LogP contribution < -0.4 is 0 Å². The van der Waals surface area contributed by atoms with Crippen LogP contribution in [0.15, 0.2) is 53.4 Å². The Morgan fingerprint density at radius 1 is 1.14 bits per heavy atom. The molecule has 0 atom stereocenters. The van der Waals surface area contributed by atoms with E-state index in [0.29, 0.717) is 11.8 Å². The van der Waals surface area contributed by atoms with Gasteiger partial charge in [0.25, 0.3) is 5.92 Å². The van der Waals surface area contributed by atoms with Gasteiger partial charge in [-0.05, 0) is 18.2 Å². The van der Waals surface area contributed by atoms with Gasteiger partial charge in [0.15, 0.2) is 0 Å². The van der Waals surface area contributed by atoms with Crippen LogP contribution in [-0.4, -0.2) is 16.8 Å². The molecule has 0 radical (unpaired) electrons. The summed E-state index contributed by atoms with van der Waals surface area (Å²) in [5, 5.41) is 8.83. The zero-order chi connectivity index (χ0) is 15.5. The van der Waals surface area contributed by atoms with Crippen molar-refractivity contribution in [2.75, 3.05) is 5.75 Å². The molecule has 1 N–H and O–H groups in total. The molecule has 21 heavy (non-hydrogen) atoms. The summed E-state index contributed by atoms with van der Waals surface area (Å²) in [5.41, 5.74) is -0.297. The number of carbonyl (C=O) groups is 1. The molecular formula is C15H11F3O2S. The summed E-state index contributed by atoms with van der Waals surface area (Å²) >= 11 is 0.592. The highest BCUT2D eigenvalue weighted by Crippen LogP contribution is 2.35. The van der Waals surface area contributed by atoms with Crippen LogP contribution >= 0.6 is 11.8 Å². The summed E-state index contributed by atoms with van der Waals surface area (Å²) < 4.78 is 41.5. The average molecular weight is 312 g/mol. The van der Waals surface area contributed by atoms with Crippen molar-refractivity contribution in [2.45, 2.75) is 10.8 Å². The molecule has 2 aromatic rings. The number of carboxylic acids is 1. The van der Waals surface area contributed by atoms with E-state index in [9.17, 15) is 18.0 Å². The van der Waals surface area contributed by atoms with E-state index in [1.165, 1.54) is 24.3 Å². The maximum Gasteiger partial charge on any atom is 0.335 e. The Labute approximate surface area is 123 Å². The third kappa shape index (κ3) is 3.78. The van der Waals surface area contributed by atoms with E-state index in [1.54, 1.807) is 6.07 Å². The second kappa shape index (κ2) is 6.22. The molecule has 0 spiro atoms. The molecule has 0 aliphatic carbocycles. The van der Waals surface area contributed by atoms with E-state index in [2.05, 4.69) is 0 Å². The van der Waals surface area contributed by atoms with Crippen molar-refractivity contribution < 1.29 is 23.1 Å². The van der Waals surface area contributed by atoms with Gasteiger partial charge in [0.2, 0.25) is 0 Å². The van der Waals surface area contributed by atoms with Crippen molar-refractivity contribution in [3.63, 3.8) is 0 Å². The minimum absolute atomic E-state index is 0.106. The number of hydrogen-bond donors (Lipinski definition) is 1. The van der Waals surface area contributed by atoms with Crippen molar-refractivity contribution >= 4 is 17.7 Å². The Balaban J connectivity index is 2.16. The fraction of sp³-hybridized carbons (Fsp3) is 0.133. The molecule has 2 aromatic carbocycles. The van der Waals surface area contributed by atoms with Gasteiger partial charge in [0.1, 0.15) is 5.82 Å². The fourth-order valence-corrected chi connectivity index (χ4v) is 2.60. The summed E-state index contributed by atoms with van der Waals surface area (Å²) in [6.07, 6.45) is 0. The smallest absolute Gasteiger partial charge is 0.335 e. The Bertz CT molecular complexity index is 645. The van der Waals surface area contributed by atoms with Crippen LogP contribution in [-0.2, 0) is 5.92 Å². The Hall–Kier alpha value is -1.95.